The van der Waals surface area contributed by atoms with Gasteiger partial charge in [-0.3, -0.25) is 9.59 Å². The van der Waals surface area contributed by atoms with Gasteiger partial charge in [-0.2, -0.15) is 0 Å². The molecule has 0 bridgehead atoms. The van der Waals surface area contributed by atoms with E-state index in [0.29, 0.717) is 25.8 Å². The molecule has 0 aromatic rings. The number of hydrogen-bond acceptors (Lipinski definition) is 3. The monoisotopic (exact) mass is 202 g/mol. The highest BCUT2D eigenvalue weighted by atomic mass is 16.2. The average molecular weight is 202 g/mol. The molecule has 0 aliphatic rings. The Morgan fingerprint density at radius 3 is 2.43 bits per heavy atom. The summed E-state index contributed by atoms with van der Waals surface area (Å²) in [7, 11) is 0. The van der Waals surface area contributed by atoms with E-state index in [2.05, 4.69) is 10.6 Å². The van der Waals surface area contributed by atoms with E-state index in [1.807, 2.05) is 0 Å². The first-order valence-electron chi connectivity index (χ1n) is 4.10. The van der Waals surface area contributed by atoms with Crippen molar-refractivity contribution >= 4 is 18.3 Å². The van der Waals surface area contributed by atoms with Crippen LogP contribution in [0.3, 0.4) is 0 Å². The molecule has 0 rings (SSSR count). The molecule has 0 aliphatic heterocycles. The fourth-order valence-electron chi connectivity index (χ4n) is 0.908. The van der Waals surface area contributed by atoms with E-state index in [1.54, 1.807) is 0 Å². The number of carbonyl (C=O) groups is 3. The Bertz CT molecular complexity index is 219. The molecule has 0 saturated heterocycles. The SMILES string of the molecule is NC(=O)NCCCC(NC=O)C(N)=O. The van der Waals surface area contributed by atoms with Crippen LogP contribution in [0.25, 0.3) is 0 Å². The van der Waals surface area contributed by atoms with Crippen LogP contribution in [0.5, 0.6) is 0 Å². The Morgan fingerprint density at radius 1 is 1.36 bits per heavy atom. The lowest BCUT2D eigenvalue weighted by molar-refractivity contribution is -0.122. The van der Waals surface area contributed by atoms with Gasteiger partial charge >= 0.3 is 6.03 Å². The first-order valence-corrected chi connectivity index (χ1v) is 4.10. The van der Waals surface area contributed by atoms with E-state index in [9.17, 15) is 14.4 Å². The predicted octanol–water partition coefficient (Wildman–Crippen LogP) is -1.97. The van der Waals surface area contributed by atoms with E-state index in [0.717, 1.165) is 0 Å². The summed E-state index contributed by atoms with van der Waals surface area (Å²) in [6.07, 6.45) is 1.29. The number of urea groups is 1. The van der Waals surface area contributed by atoms with E-state index < -0.39 is 18.0 Å². The lowest BCUT2D eigenvalue weighted by atomic mass is 10.1. The van der Waals surface area contributed by atoms with Crippen LogP contribution in [0.4, 0.5) is 4.79 Å². The van der Waals surface area contributed by atoms with Gasteiger partial charge in [0.1, 0.15) is 6.04 Å². The third-order valence-corrected chi connectivity index (χ3v) is 1.58. The van der Waals surface area contributed by atoms with Crippen LogP contribution in [0.2, 0.25) is 0 Å². The molecule has 6 N–H and O–H groups in total. The normalized spacial score (nSPS) is 11.4. The molecule has 80 valence electrons. The van der Waals surface area contributed by atoms with Crippen molar-refractivity contribution in [2.24, 2.45) is 11.5 Å². The molecule has 0 aromatic heterocycles. The summed E-state index contributed by atoms with van der Waals surface area (Å²) < 4.78 is 0. The summed E-state index contributed by atoms with van der Waals surface area (Å²) >= 11 is 0. The van der Waals surface area contributed by atoms with Crippen LogP contribution in [0, 0.1) is 0 Å². The van der Waals surface area contributed by atoms with Gasteiger partial charge in [0.15, 0.2) is 0 Å². The summed E-state index contributed by atoms with van der Waals surface area (Å²) in [5, 5.41) is 4.62. The second-order valence-corrected chi connectivity index (χ2v) is 2.67. The lowest BCUT2D eigenvalue weighted by Crippen LogP contribution is -2.41. The fourth-order valence-corrected chi connectivity index (χ4v) is 0.908. The quantitative estimate of drug-likeness (QED) is 0.282. The highest BCUT2D eigenvalue weighted by Gasteiger charge is 2.12. The van der Waals surface area contributed by atoms with Crippen LogP contribution in [-0.4, -0.2) is 30.9 Å². The van der Waals surface area contributed by atoms with Crippen molar-refractivity contribution in [2.45, 2.75) is 18.9 Å². The highest BCUT2D eigenvalue weighted by molar-refractivity contribution is 5.81. The summed E-state index contributed by atoms with van der Waals surface area (Å²) in [5.41, 5.74) is 9.81. The maximum absolute atomic E-state index is 10.7. The van der Waals surface area contributed by atoms with Crippen molar-refractivity contribution in [1.82, 2.24) is 10.6 Å². The molecular formula is C7H14N4O3. The zero-order valence-electron chi connectivity index (χ0n) is 7.66. The Kier molecular flexibility index (Phi) is 5.84. The van der Waals surface area contributed by atoms with Gasteiger partial charge in [0.25, 0.3) is 0 Å². The largest absolute Gasteiger partial charge is 0.368 e. The van der Waals surface area contributed by atoms with Crippen LogP contribution >= 0.6 is 0 Å². The van der Waals surface area contributed by atoms with Crippen molar-refractivity contribution < 1.29 is 14.4 Å². The Morgan fingerprint density at radius 2 is 2.00 bits per heavy atom. The van der Waals surface area contributed by atoms with Crippen LogP contribution in [0.1, 0.15) is 12.8 Å². The third-order valence-electron chi connectivity index (χ3n) is 1.58. The Labute approximate surface area is 81.2 Å². The van der Waals surface area contributed by atoms with Crippen molar-refractivity contribution in [3.05, 3.63) is 0 Å². The number of amides is 4. The van der Waals surface area contributed by atoms with Crippen molar-refractivity contribution in [2.75, 3.05) is 6.54 Å². The van der Waals surface area contributed by atoms with Crippen molar-refractivity contribution in [3.63, 3.8) is 0 Å². The summed E-state index contributed by atoms with van der Waals surface area (Å²) in [6, 6.07) is -1.31. The smallest absolute Gasteiger partial charge is 0.312 e. The fraction of sp³-hybridized carbons (Fsp3) is 0.571. The van der Waals surface area contributed by atoms with Gasteiger partial charge in [-0.05, 0) is 12.8 Å². The van der Waals surface area contributed by atoms with Crippen LogP contribution < -0.4 is 22.1 Å². The van der Waals surface area contributed by atoms with Gasteiger partial charge in [-0.25, -0.2) is 4.79 Å². The Hall–Kier alpha value is -1.79. The number of carbonyl (C=O) groups excluding carboxylic acids is 3. The highest BCUT2D eigenvalue weighted by Crippen LogP contribution is 1.94. The molecule has 1 atom stereocenters. The molecule has 0 heterocycles. The van der Waals surface area contributed by atoms with E-state index >= 15 is 0 Å². The predicted molar refractivity (Wildman–Crippen MR) is 49.0 cm³/mol. The molecule has 14 heavy (non-hydrogen) atoms. The van der Waals surface area contributed by atoms with Gasteiger partial charge in [0, 0.05) is 6.54 Å². The molecule has 0 aromatic carbocycles. The molecule has 0 radical (unpaired) electrons. The van der Waals surface area contributed by atoms with Crippen LogP contribution in [0.15, 0.2) is 0 Å². The summed E-state index contributed by atoms with van der Waals surface area (Å²) in [4.78, 5) is 31.0. The molecule has 4 amide bonds. The van der Waals surface area contributed by atoms with Gasteiger partial charge in [-0.15, -0.1) is 0 Å². The minimum Gasteiger partial charge on any atom is -0.368 e. The minimum atomic E-state index is -0.692. The standard InChI is InChI=1S/C7H14N4O3/c8-6(13)5(11-4-12)2-1-3-10-7(9)14/h4-5H,1-3H2,(H2,8,13)(H,11,12)(H3,9,10,14). The number of nitrogens with two attached hydrogens (primary N) is 2. The maximum Gasteiger partial charge on any atom is 0.312 e. The molecular weight excluding hydrogens is 188 g/mol. The van der Waals surface area contributed by atoms with Gasteiger partial charge in [0.2, 0.25) is 12.3 Å². The number of hydrogen-bond donors (Lipinski definition) is 4. The summed E-state index contributed by atoms with van der Waals surface area (Å²) in [5.74, 6) is -0.601. The first-order chi connectivity index (χ1) is 6.57. The number of nitrogens with one attached hydrogen (secondary N) is 2. The van der Waals surface area contributed by atoms with Gasteiger partial charge < -0.3 is 22.1 Å². The molecule has 7 nitrogen and oxygen atoms in total. The van der Waals surface area contributed by atoms with E-state index in [4.69, 9.17) is 11.5 Å². The molecule has 0 fully saturated rings. The average Bonchev–Trinajstić information content (AvgIpc) is 2.09. The molecule has 0 saturated carbocycles. The lowest BCUT2D eigenvalue weighted by Gasteiger charge is -2.11. The van der Waals surface area contributed by atoms with Crippen molar-refractivity contribution in [1.29, 1.82) is 0 Å². The van der Waals surface area contributed by atoms with Crippen LogP contribution in [-0.2, 0) is 9.59 Å². The zero-order chi connectivity index (χ0) is 11.0. The first kappa shape index (κ1) is 12.2. The second kappa shape index (κ2) is 6.70. The topological polar surface area (TPSA) is 127 Å². The molecule has 0 aliphatic carbocycles. The summed E-state index contributed by atoms with van der Waals surface area (Å²) in [6.45, 7) is 0.347. The van der Waals surface area contributed by atoms with Gasteiger partial charge in [-0.1, -0.05) is 0 Å². The third kappa shape index (κ3) is 5.81. The maximum atomic E-state index is 10.7. The van der Waals surface area contributed by atoms with Gasteiger partial charge in [0.05, 0.1) is 0 Å². The number of primary amides is 2. The minimum absolute atomic E-state index is 0.347. The Balaban J connectivity index is 3.66. The zero-order valence-corrected chi connectivity index (χ0v) is 7.66. The molecule has 0 spiro atoms. The molecule has 1 unspecified atom stereocenters. The molecule has 7 heteroatoms. The number of rotatable bonds is 7. The van der Waals surface area contributed by atoms with E-state index in [-0.39, 0.29) is 0 Å². The van der Waals surface area contributed by atoms with Crippen molar-refractivity contribution in [3.8, 4) is 0 Å². The van der Waals surface area contributed by atoms with E-state index in [1.165, 1.54) is 0 Å². The second-order valence-electron chi connectivity index (χ2n) is 2.67.